The van der Waals surface area contributed by atoms with Crippen molar-refractivity contribution in [2.24, 2.45) is 0 Å². The summed E-state index contributed by atoms with van der Waals surface area (Å²) in [5.74, 6) is 1.19. The molecule has 0 saturated heterocycles. The van der Waals surface area contributed by atoms with E-state index in [4.69, 9.17) is 0 Å². The van der Waals surface area contributed by atoms with Gasteiger partial charge in [0.15, 0.2) is 0 Å². The molecule has 0 spiro atoms. The highest BCUT2D eigenvalue weighted by molar-refractivity contribution is 5.54. The first kappa shape index (κ1) is 16.3. The van der Waals surface area contributed by atoms with Gasteiger partial charge in [-0.1, -0.05) is 65.8 Å². The van der Waals surface area contributed by atoms with Crippen molar-refractivity contribution in [2.75, 3.05) is 0 Å². The molecule has 0 aliphatic heterocycles. The predicted molar refractivity (Wildman–Crippen MR) is 76.4 cm³/mol. The maximum Gasteiger partial charge on any atom is 0.204 e. The van der Waals surface area contributed by atoms with Gasteiger partial charge in [0.05, 0.1) is 0 Å². The highest BCUT2D eigenvalue weighted by Gasteiger charge is 2.03. The molecule has 4 heteroatoms. The molecule has 0 bridgehead atoms. The average molecular weight is 248 g/mol. The van der Waals surface area contributed by atoms with E-state index in [1.54, 1.807) is 0 Å². The van der Waals surface area contributed by atoms with Crippen LogP contribution in [0.3, 0.4) is 0 Å². The number of aromatic nitrogens is 4. The molecule has 18 heavy (non-hydrogen) atoms. The van der Waals surface area contributed by atoms with Crippen LogP contribution < -0.4 is 0 Å². The van der Waals surface area contributed by atoms with Crippen molar-refractivity contribution < 1.29 is 0 Å². The molecule has 1 aromatic carbocycles. The van der Waals surface area contributed by atoms with Crippen LogP contribution in [0.1, 0.15) is 53.0 Å². The number of nitrogens with zero attached hydrogens (tertiary/aromatic N) is 3. The summed E-state index contributed by atoms with van der Waals surface area (Å²) < 4.78 is 0. The zero-order chi connectivity index (χ0) is 14.0. The summed E-state index contributed by atoms with van der Waals surface area (Å²) >= 11 is 0. The van der Waals surface area contributed by atoms with Gasteiger partial charge in [0.2, 0.25) is 5.82 Å². The molecule has 0 saturated carbocycles. The summed E-state index contributed by atoms with van der Waals surface area (Å²) in [5, 5.41) is 13.8. The average Bonchev–Trinajstić information content (AvgIpc) is 2.97. The quantitative estimate of drug-likeness (QED) is 0.872. The van der Waals surface area contributed by atoms with Crippen molar-refractivity contribution >= 4 is 0 Å². The first-order valence-electron chi connectivity index (χ1n) is 6.61. The van der Waals surface area contributed by atoms with Gasteiger partial charge in [-0.05, 0) is 16.7 Å². The van der Waals surface area contributed by atoms with Crippen molar-refractivity contribution in [3.63, 3.8) is 0 Å². The molecule has 0 radical (unpaired) electrons. The van der Waals surface area contributed by atoms with Gasteiger partial charge in [-0.25, -0.2) is 0 Å². The van der Waals surface area contributed by atoms with Gasteiger partial charge in [-0.3, -0.25) is 0 Å². The van der Waals surface area contributed by atoms with Crippen molar-refractivity contribution in [1.29, 1.82) is 0 Å². The van der Waals surface area contributed by atoms with Crippen LogP contribution in [0.25, 0.3) is 11.4 Å². The highest BCUT2D eigenvalue weighted by atomic mass is 15.5. The second-order valence-electron chi connectivity index (χ2n) is 3.51. The molecular weight excluding hydrogens is 224 g/mol. The van der Waals surface area contributed by atoms with E-state index in [0.29, 0.717) is 11.7 Å². The van der Waals surface area contributed by atoms with E-state index in [1.807, 2.05) is 39.8 Å². The molecule has 4 nitrogen and oxygen atoms in total. The summed E-state index contributed by atoms with van der Waals surface area (Å²) in [6.07, 6.45) is 0. The maximum atomic E-state index is 3.91. The molecule has 0 amide bonds. The monoisotopic (exact) mass is 248 g/mol. The SMILES string of the molecule is CC.CC.CC(C)c1ccc(-c2nn[nH]n2)cc1. The third-order valence-electron chi connectivity index (χ3n) is 2.18. The molecule has 100 valence electrons. The molecule has 0 aliphatic carbocycles. The van der Waals surface area contributed by atoms with E-state index in [1.165, 1.54) is 5.56 Å². The Kier molecular flexibility index (Phi) is 8.45. The zero-order valence-electron chi connectivity index (χ0n) is 12.2. The Labute approximate surface area is 110 Å². The van der Waals surface area contributed by atoms with E-state index in [2.05, 4.69) is 46.6 Å². The van der Waals surface area contributed by atoms with Crippen molar-refractivity contribution in [2.45, 2.75) is 47.5 Å². The van der Waals surface area contributed by atoms with Crippen LogP contribution in [0.5, 0.6) is 0 Å². The molecule has 0 atom stereocenters. The minimum atomic E-state index is 0.550. The number of nitrogens with one attached hydrogen (secondary N) is 1. The number of benzene rings is 1. The van der Waals surface area contributed by atoms with E-state index in [-0.39, 0.29) is 0 Å². The number of hydrogen-bond acceptors (Lipinski definition) is 3. The minimum absolute atomic E-state index is 0.550. The molecule has 1 N–H and O–H groups in total. The maximum absolute atomic E-state index is 3.91. The van der Waals surface area contributed by atoms with Crippen LogP contribution >= 0.6 is 0 Å². The van der Waals surface area contributed by atoms with Crippen LogP contribution in [-0.4, -0.2) is 20.6 Å². The summed E-state index contributed by atoms with van der Waals surface area (Å²) in [6.45, 7) is 12.3. The number of aromatic amines is 1. The van der Waals surface area contributed by atoms with Crippen molar-refractivity contribution in [1.82, 2.24) is 20.6 Å². The standard InChI is InChI=1S/C10H12N4.2C2H6/c1-7(2)8-3-5-9(6-4-8)10-11-13-14-12-10;2*1-2/h3-7H,1-2H3,(H,11,12,13,14);2*1-2H3. The van der Waals surface area contributed by atoms with Crippen LogP contribution in [-0.2, 0) is 0 Å². The molecule has 0 unspecified atom stereocenters. The first-order chi connectivity index (χ1) is 8.77. The number of tetrazole rings is 1. The van der Waals surface area contributed by atoms with Gasteiger partial charge in [0.25, 0.3) is 0 Å². The van der Waals surface area contributed by atoms with E-state index < -0.39 is 0 Å². The van der Waals surface area contributed by atoms with Gasteiger partial charge in [-0.2, -0.15) is 5.21 Å². The molecule has 0 aliphatic rings. The third-order valence-corrected chi connectivity index (χ3v) is 2.18. The highest BCUT2D eigenvalue weighted by Crippen LogP contribution is 2.18. The molecular formula is C14H24N4. The van der Waals surface area contributed by atoms with E-state index >= 15 is 0 Å². The van der Waals surface area contributed by atoms with Crippen molar-refractivity contribution in [3.05, 3.63) is 29.8 Å². The predicted octanol–water partition coefficient (Wildman–Crippen LogP) is 4.04. The Morgan fingerprint density at radius 1 is 0.944 bits per heavy atom. The number of hydrogen-bond donors (Lipinski definition) is 1. The Balaban J connectivity index is 0.000000659. The molecule has 0 fully saturated rings. The van der Waals surface area contributed by atoms with Gasteiger partial charge >= 0.3 is 0 Å². The fourth-order valence-corrected chi connectivity index (χ4v) is 1.30. The third kappa shape index (κ3) is 4.65. The topological polar surface area (TPSA) is 54.5 Å². The van der Waals surface area contributed by atoms with Gasteiger partial charge in [-0.15, -0.1) is 10.2 Å². The lowest BCUT2D eigenvalue weighted by Crippen LogP contribution is -1.87. The summed E-state index contributed by atoms with van der Waals surface area (Å²) in [6, 6.07) is 8.22. The van der Waals surface area contributed by atoms with Crippen LogP contribution in [0.15, 0.2) is 24.3 Å². The van der Waals surface area contributed by atoms with Crippen LogP contribution in [0.4, 0.5) is 0 Å². The lowest BCUT2D eigenvalue weighted by atomic mass is 10.0. The zero-order valence-corrected chi connectivity index (χ0v) is 12.2. The van der Waals surface area contributed by atoms with Gasteiger partial charge in [0, 0.05) is 5.56 Å². The second-order valence-corrected chi connectivity index (χ2v) is 3.51. The summed E-state index contributed by atoms with van der Waals surface area (Å²) in [4.78, 5) is 0. The van der Waals surface area contributed by atoms with Crippen LogP contribution in [0.2, 0.25) is 0 Å². The fourth-order valence-electron chi connectivity index (χ4n) is 1.30. The molecule has 2 rings (SSSR count). The Morgan fingerprint density at radius 2 is 1.50 bits per heavy atom. The summed E-state index contributed by atoms with van der Waals surface area (Å²) in [7, 11) is 0. The normalized spacial score (nSPS) is 9.06. The molecule has 2 aromatic rings. The van der Waals surface area contributed by atoms with Gasteiger partial charge in [0.1, 0.15) is 0 Å². The largest absolute Gasteiger partial charge is 0.204 e. The number of rotatable bonds is 2. The Bertz CT molecular complexity index is 390. The summed E-state index contributed by atoms with van der Waals surface area (Å²) in [5.41, 5.74) is 2.31. The molecule has 1 aromatic heterocycles. The Morgan fingerprint density at radius 3 is 1.89 bits per heavy atom. The lowest BCUT2D eigenvalue weighted by Gasteiger charge is -2.04. The molecule has 1 heterocycles. The minimum Gasteiger partial charge on any atom is -0.177 e. The Hall–Kier alpha value is -1.71. The van der Waals surface area contributed by atoms with Crippen LogP contribution in [0, 0.1) is 0 Å². The van der Waals surface area contributed by atoms with E-state index in [9.17, 15) is 0 Å². The smallest absolute Gasteiger partial charge is 0.177 e. The van der Waals surface area contributed by atoms with E-state index in [0.717, 1.165) is 5.56 Å². The number of H-pyrrole nitrogens is 1. The fraction of sp³-hybridized carbons (Fsp3) is 0.500. The lowest BCUT2D eigenvalue weighted by molar-refractivity contribution is 0.867. The van der Waals surface area contributed by atoms with Crippen molar-refractivity contribution in [3.8, 4) is 11.4 Å². The first-order valence-corrected chi connectivity index (χ1v) is 6.61. The second kappa shape index (κ2) is 9.33. The van der Waals surface area contributed by atoms with Gasteiger partial charge < -0.3 is 0 Å².